The van der Waals surface area contributed by atoms with Crippen molar-refractivity contribution in [2.24, 2.45) is 0 Å². The summed E-state index contributed by atoms with van der Waals surface area (Å²) in [4.78, 5) is 0. The van der Waals surface area contributed by atoms with Crippen molar-refractivity contribution >= 4 is 5.57 Å². The molecule has 0 saturated carbocycles. The minimum atomic E-state index is 0. The van der Waals surface area contributed by atoms with Crippen LogP contribution in [-0.2, 0) is 0 Å². The van der Waals surface area contributed by atoms with Gasteiger partial charge in [-0.1, -0.05) is 50.4 Å². The zero-order valence-electron chi connectivity index (χ0n) is 16.1. The summed E-state index contributed by atoms with van der Waals surface area (Å²) < 4.78 is 1.95. The fraction of sp³-hybridized carbons (Fsp3) is 0.182. The van der Waals surface area contributed by atoms with E-state index in [0.717, 1.165) is 16.8 Å². The molecule has 3 heteroatoms. The van der Waals surface area contributed by atoms with Crippen molar-refractivity contribution in [2.45, 2.75) is 27.7 Å². The van der Waals surface area contributed by atoms with Crippen LogP contribution in [0.3, 0.4) is 0 Å². The maximum Gasteiger partial charge on any atom is 1.00 e. The first-order valence-electron chi connectivity index (χ1n) is 8.05. The molecule has 0 amide bonds. The average Bonchev–Trinajstić information content (AvgIpc) is 3.10. The molecule has 0 radical (unpaired) electrons. The number of allylic oxidation sites excluding steroid dienone is 5. The third-order valence-electron chi connectivity index (χ3n) is 2.90. The molecular formula is C22H26KN2-. The van der Waals surface area contributed by atoms with Gasteiger partial charge in [0.15, 0.2) is 0 Å². The van der Waals surface area contributed by atoms with Gasteiger partial charge in [0.25, 0.3) is 0 Å². The molecule has 0 atom stereocenters. The van der Waals surface area contributed by atoms with E-state index in [1.165, 1.54) is 0 Å². The van der Waals surface area contributed by atoms with E-state index in [1.54, 1.807) is 13.0 Å². The van der Waals surface area contributed by atoms with E-state index in [0.29, 0.717) is 5.56 Å². The molecule has 0 aliphatic heterocycles. The quantitative estimate of drug-likeness (QED) is 0.469. The summed E-state index contributed by atoms with van der Waals surface area (Å²) in [6.45, 7) is 14.7. The number of hydrogen-bond donors (Lipinski definition) is 0. The van der Waals surface area contributed by atoms with Crippen LogP contribution >= 0.6 is 0 Å². The number of rotatable bonds is 4. The predicted molar refractivity (Wildman–Crippen MR) is 105 cm³/mol. The van der Waals surface area contributed by atoms with Gasteiger partial charge in [0.1, 0.15) is 6.07 Å². The Morgan fingerprint density at radius 2 is 1.84 bits per heavy atom. The molecule has 0 aliphatic rings. The van der Waals surface area contributed by atoms with Crippen LogP contribution < -0.4 is 51.4 Å². The molecule has 126 valence electrons. The second kappa shape index (κ2) is 16.3. The van der Waals surface area contributed by atoms with Gasteiger partial charge >= 0.3 is 51.4 Å². The summed E-state index contributed by atoms with van der Waals surface area (Å²) in [5.74, 6) is 0. The van der Waals surface area contributed by atoms with E-state index in [2.05, 4.69) is 25.6 Å². The number of nitriles is 1. The van der Waals surface area contributed by atoms with Crippen LogP contribution in [0.15, 0.2) is 67.5 Å². The Morgan fingerprint density at radius 1 is 1.24 bits per heavy atom. The van der Waals surface area contributed by atoms with Crippen LogP contribution in [0.25, 0.3) is 11.3 Å². The van der Waals surface area contributed by atoms with Crippen LogP contribution in [0.5, 0.6) is 0 Å². The van der Waals surface area contributed by atoms with Crippen molar-refractivity contribution in [3.63, 3.8) is 0 Å². The van der Waals surface area contributed by atoms with Gasteiger partial charge in [-0.2, -0.15) is 30.4 Å². The Bertz CT molecular complexity index is 701. The van der Waals surface area contributed by atoms with Crippen LogP contribution in [0.1, 0.15) is 38.8 Å². The Labute approximate surface area is 196 Å². The summed E-state index contributed by atoms with van der Waals surface area (Å²) in [5.41, 5.74) is 3.52. The van der Waals surface area contributed by atoms with Gasteiger partial charge < -0.3 is 11.5 Å². The molecular weight excluding hydrogens is 331 g/mol. The van der Waals surface area contributed by atoms with E-state index >= 15 is 0 Å². The van der Waals surface area contributed by atoms with Gasteiger partial charge in [-0.25, -0.2) is 0 Å². The van der Waals surface area contributed by atoms with E-state index < -0.39 is 0 Å². The second-order valence-electron chi connectivity index (χ2n) is 4.22. The zero-order chi connectivity index (χ0) is 18.4. The van der Waals surface area contributed by atoms with Gasteiger partial charge in [-0.05, 0) is 12.5 Å². The summed E-state index contributed by atoms with van der Waals surface area (Å²) in [7, 11) is 0. The monoisotopic (exact) mass is 357 g/mol. The summed E-state index contributed by atoms with van der Waals surface area (Å²) in [6.07, 6.45) is 11.4. The maximum atomic E-state index is 9.32. The first kappa shape index (κ1) is 26.1. The van der Waals surface area contributed by atoms with Gasteiger partial charge in [0.2, 0.25) is 0 Å². The minimum Gasteiger partial charge on any atom is -0.346 e. The van der Waals surface area contributed by atoms with Gasteiger partial charge in [0.05, 0.1) is 5.56 Å². The molecule has 0 N–H and O–H groups in total. The Morgan fingerprint density at radius 3 is 2.32 bits per heavy atom. The van der Waals surface area contributed by atoms with Crippen LogP contribution in [0.2, 0.25) is 0 Å². The fourth-order valence-electron chi connectivity index (χ4n) is 2.01. The van der Waals surface area contributed by atoms with Crippen molar-refractivity contribution in [2.75, 3.05) is 0 Å². The summed E-state index contributed by atoms with van der Waals surface area (Å²) in [6, 6.07) is 12.9. The molecule has 2 rings (SSSR count). The molecule has 1 heterocycles. The zero-order valence-corrected chi connectivity index (χ0v) is 19.2. The van der Waals surface area contributed by atoms with Crippen molar-refractivity contribution in [3.05, 3.63) is 91.7 Å². The Hall–Kier alpha value is -1.15. The molecule has 0 saturated heterocycles. The van der Waals surface area contributed by atoms with Crippen molar-refractivity contribution in [1.82, 2.24) is 4.57 Å². The average molecular weight is 358 g/mol. The molecule has 25 heavy (non-hydrogen) atoms. The molecule has 0 bridgehead atoms. The van der Waals surface area contributed by atoms with E-state index in [4.69, 9.17) is 0 Å². The van der Waals surface area contributed by atoms with E-state index in [-0.39, 0.29) is 51.4 Å². The van der Waals surface area contributed by atoms with E-state index in [1.807, 2.05) is 80.2 Å². The largest absolute Gasteiger partial charge is 1.00 e. The third kappa shape index (κ3) is 8.18. The van der Waals surface area contributed by atoms with Gasteiger partial charge in [-0.3, -0.25) is 0 Å². The number of nitrogens with zero attached hydrogens (tertiary/aromatic N) is 2. The molecule has 1 aromatic heterocycles. The van der Waals surface area contributed by atoms with Gasteiger partial charge in [-0.15, -0.1) is 12.1 Å². The van der Waals surface area contributed by atoms with Crippen LogP contribution in [0.4, 0.5) is 0 Å². The molecule has 0 fully saturated rings. The standard InChI is InChI=1S/C18H15N2.C2H6.C2H5.K/c1-3-8-15(9-4-2)18-14-20(13-16(18)12-19)17-10-6-5-7-11-17;2*1-2;/h3-4,6-11,13-14H,1H2,2H3;1-2H3;1H2,2H3;/q-1;;-1;+1/b9-4-,15-8+;;;. The SMILES string of the molecule is C=C/C=C(\C=C/C)c1cn(-c2cc[c-]cc2)cc1C#N.CC.[CH2-]C.[K+]. The van der Waals surface area contributed by atoms with Gasteiger partial charge in [0, 0.05) is 18.0 Å². The van der Waals surface area contributed by atoms with Crippen molar-refractivity contribution < 1.29 is 51.4 Å². The molecule has 0 unspecified atom stereocenters. The topological polar surface area (TPSA) is 28.7 Å². The van der Waals surface area contributed by atoms with Crippen LogP contribution in [0, 0.1) is 24.3 Å². The Kier molecular flexibility index (Phi) is 17.0. The normalized spacial score (nSPS) is 9.68. The first-order chi connectivity index (χ1) is 11.8. The molecule has 1 aromatic carbocycles. The Balaban J connectivity index is 0. The maximum absolute atomic E-state index is 9.32. The summed E-state index contributed by atoms with van der Waals surface area (Å²) >= 11 is 0. The molecule has 2 nitrogen and oxygen atoms in total. The van der Waals surface area contributed by atoms with Crippen molar-refractivity contribution in [1.29, 1.82) is 5.26 Å². The number of hydrogen-bond acceptors (Lipinski definition) is 1. The number of aromatic nitrogens is 1. The molecule has 2 aromatic rings. The fourth-order valence-corrected chi connectivity index (χ4v) is 2.01. The summed E-state index contributed by atoms with van der Waals surface area (Å²) in [5, 5.41) is 9.32. The minimum absolute atomic E-state index is 0. The van der Waals surface area contributed by atoms with Crippen LogP contribution in [-0.4, -0.2) is 4.57 Å². The number of benzene rings is 1. The molecule has 0 aliphatic carbocycles. The third-order valence-corrected chi connectivity index (χ3v) is 2.90. The first-order valence-corrected chi connectivity index (χ1v) is 8.05. The van der Waals surface area contributed by atoms with E-state index in [9.17, 15) is 5.26 Å². The smallest absolute Gasteiger partial charge is 0.346 e. The molecule has 0 spiro atoms. The predicted octanol–water partition coefficient (Wildman–Crippen LogP) is 3.17. The van der Waals surface area contributed by atoms with Crippen molar-refractivity contribution in [3.8, 4) is 11.8 Å². The second-order valence-corrected chi connectivity index (χ2v) is 4.22.